The summed E-state index contributed by atoms with van der Waals surface area (Å²) in [5.74, 6) is 0.0850. The molecular formula is C12H14N4O2. The zero-order valence-electron chi connectivity index (χ0n) is 10.00. The van der Waals surface area contributed by atoms with Crippen molar-refractivity contribution >= 4 is 5.65 Å². The number of nitrogens with one attached hydrogen (secondary N) is 1. The van der Waals surface area contributed by atoms with Gasteiger partial charge in [-0.2, -0.15) is 9.61 Å². The summed E-state index contributed by atoms with van der Waals surface area (Å²) in [6, 6.07) is 0. The average molecular weight is 246 g/mol. The number of aliphatic hydroxyl groups is 1. The Labute approximate surface area is 103 Å². The van der Waals surface area contributed by atoms with Crippen LogP contribution >= 0.6 is 0 Å². The van der Waals surface area contributed by atoms with Gasteiger partial charge in [0.25, 0.3) is 0 Å². The molecule has 18 heavy (non-hydrogen) atoms. The lowest BCUT2D eigenvalue weighted by molar-refractivity contribution is 0.205. The Kier molecular flexibility index (Phi) is 2.52. The highest BCUT2D eigenvalue weighted by molar-refractivity contribution is 5.50. The third kappa shape index (κ3) is 1.57. The van der Waals surface area contributed by atoms with E-state index in [1.807, 2.05) is 6.92 Å². The van der Waals surface area contributed by atoms with Crippen LogP contribution in [-0.2, 0) is 0 Å². The summed E-state index contributed by atoms with van der Waals surface area (Å²) in [4.78, 5) is 18.2. The highest BCUT2D eigenvalue weighted by Gasteiger charge is 2.27. The normalized spacial score (nSPS) is 23.6. The molecule has 0 unspecified atom stereocenters. The van der Waals surface area contributed by atoms with Crippen molar-refractivity contribution in [2.75, 3.05) is 0 Å². The maximum absolute atomic E-state index is 11.5. The van der Waals surface area contributed by atoms with Crippen LogP contribution in [0.15, 0.2) is 29.0 Å². The highest BCUT2D eigenvalue weighted by atomic mass is 16.3. The maximum Gasteiger partial charge on any atom is 0.349 e. The summed E-state index contributed by atoms with van der Waals surface area (Å²) in [5, 5.41) is 13.9. The minimum atomic E-state index is -0.392. The van der Waals surface area contributed by atoms with Crippen LogP contribution in [0.5, 0.6) is 0 Å². The van der Waals surface area contributed by atoms with Crippen LogP contribution < -0.4 is 5.69 Å². The van der Waals surface area contributed by atoms with Crippen molar-refractivity contribution in [2.45, 2.75) is 31.8 Å². The van der Waals surface area contributed by atoms with Crippen LogP contribution in [0.25, 0.3) is 5.65 Å². The van der Waals surface area contributed by atoms with E-state index in [2.05, 4.69) is 21.1 Å². The van der Waals surface area contributed by atoms with Crippen molar-refractivity contribution in [1.82, 2.24) is 19.6 Å². The molecule has 1 aliphatic carbocycles. The molecule has 0 saturated carbocycles. The first kappa shape index (κ1) is 11.2. The molecule has 0 fully saturated rings. The number of fused-ring (bicyclic) bond motifs is 1. The average Bonchev–Trinajstić information content (AvgIpc) is 2.93. The van der Waals surface area contributed by atoms with Crippen molar-refractivity contribution in [3.63, 3.8) is 0 Å². The Bertz CT molecular complexity index is 670. The first-order valence-electron chi connectivity index (χ1n) is 6.00. The van der Waals surface area contributed by atoms with Gasteiger partial charge in [0.1, 0.15) is 0 Å². The molecule has 0 spiro atoms. The molecule has 0 amide bonds. The molecule has 3 rings (SSSR count). The Balaban J connectivity index is 2.09. The predicted molar refractivity (Wildman–Crippen MR) is 65.3 cm³/mol. The maximum atomic E-state index is 11.5. The second kappa shape index (κ2) is 4.06. The Morgan fingerprint density at radius 2 is 2.44 bits per heavy atom. The first-order chi connectivity index (χ1) is 8.70. The van der Waals surface area contributed by atoms with Crippen LogP contribution in [0.3, 0.4) is 0 Å². The molecule has 2 aromatic rings. The monoisotopic (exact) mass is 246 g/mol. The van der Waals surface area contributed by atoms with Crippen molar-refractivity contribution in [3.05, 3.63) is 40.2 Å². The Hall–Kier alpha value is -1.95. The second-order valence-corrected chi connectivity index (χ2v) is 4.50. The van der Waals surface area contributed by atoms with E-state index >= 15 is 0 Å². The number of hydrogen-bond acceptors (Lipinski definition) is 4. The molecule has 0 saturated heterocycles. The van der Waals surface area contributed by atoms with Gasteiger partial charge in [-0.25, -0.2) is 9.78 Å². The molecule has 2 aromatic heterocycles. The molecule has 2 heterocycles. The van der Waals surface area contributed by atoms with Crippen molar-refractivity contribution in [2.24, 2.45) is 0 Å². The van der Waals surface area contributed by atoms with Gasteiger partial charge in [0, 0.05) is 11.5 Å². The lowest BCUT2D eigenvalue weighted by Gasteiger charge is -2.06. The number of H-pyrrole nitrogens is 1. The molecule has 2 N–H and O–H groups in total. The van der Waals surface area contributed by atoms with Crippen LogP contribution in [0.1, 0.15) is 31.2 Å². The van der Waals surface area contributed by atoms with E-state index in [1.54, 1.807) is 6.20 Å². The number of aliphatic hydroxyl groups excluding tert-OH is 1. The van der Waals surface area contributed by atoms with Crippen LogP contribution in [0, 0.1) is 0 Å². The largest absolute Gasteiger partial charge is 0.389 e. The third-order valence-corrected chi connectivity index (χ3v) is 3.47. The van der Waals surface area contributed by atoms with Gasteiger partial charge in [-0.15, -0.1) is 0 Å². The third-order valence-electron chi connectivity index (χ3n) is 3.47. The van der Waals surface area contributed by atoms with E-state index in [-0.39, 0.29) is 11.6 Å². The van der Waals surface area contributed by atoms with Gasteiger partial charge >= 0.3 is 5.69 Å². The topological polar surface area (TPSA) is 83.3 Å². The summed E-state index contributed by atoms with van der Waals surface area (Å²) >= 11 is 0. The smallest absolute Gasteiger partial charge is 0.349 e. The van der Waals surface area contributed by atoms with Crippen LogP contribution in [0.2, 0.25) is 0 Å². The zero-order valence-corrected chi connectivity index (χ0v) is 10.00. The summed E-state index contributed by atoms with van der Waals surface area (Å²) in [6.07, 6.45) is 6.17. The number of aromatic nitrogens is 4. The van der Waals surface area contributed by atoms with Gasteiger partial charge in [0.05, 0.1) is 18.6 Å². The van der Waals surface area contributed by atoms with Gasteiger partial charge in [0.2, 0.25) is 0 Å². The number of rotatable bonds is 2. The van der Waals surface area contributed by atoms with Crippen LogP contribution in [0.4, 0.5) is 0 Å². The summed E-state index contributed by atoms with van der Waals surface area (Å²) in [7, 11) is 0. The molecule has 0 radical (unpaired) electrons. The number of aromatic amines is 1. The fraction of sp³-hybridized carbons (Fsp3) is 0.417. The van der Waals surface area contributed by atoms with Gasteiger partial charge in [-0.05, 0) is 18.4 Å². The fourth-order valence-electron chi connectivity index (χ4n) is 2.50. The van der Waals surface area contributed by atoms with Gasteiger partial charge < -0.3 is 5.11 Å². The summed E-state index contributed by atoms with van der Waals surface area (Å²) in [6.45, 7) is 2.02. The first-order valence-corrected chi connectivity index (χ1v) is 6.00. The van der Waals surface area contributed by atoms with E-state index < -0.39 is 6.10 Å². The SMILES string of the molecule is CCC1=C[C@@H](c2cnn3c(=O)[nH]cnc23)C[C@H]1O. The predicted octanol–water partition coefficient (Wildman–Crippen LogP) is 0.602. The standard InChI is InChI=1S/C12H14N4O2/c1-2-7-3-8(4-10(7)17)9-5-15-16-11(9)13-6-14-12(16)18/h3,5-6,8,10,17H,2,4H2,1H3,(H,13,14,18)/t8-,10-/m1/s1. The molecule has 0 bridgehead atoms. The van der Waals surface area contributed by atoms with Crippen molar-refractivity contribution in [1.29, 1.82) is 0 Å². The molecule has 0 aliphatic heterocycles. The Morgan fingerprint density at radius 1 is 1.61 bits per heavy atom. The molecule has 2 atom stereocenters. The number of nitrogens with zero attached hydrogens (tertiary/aromatic N) is 3. The molecular weight excluding hydrogens is 232 g/mol. The highest BCUT2D eigenvalue weighted by Crippen LogP contribution is 2.35. The summed E-state index contributed by atoms with van der Waals surface area (Å²) in [5.41, 5.74) is 2.20. The lowest BCUT2D eigenvalue weighted by Crippen LogP contribution is -2.17. The fourth-order valence-corrected chi connectivity index (χ4v) is 2.50. The zero-order chi connectivity index (χ0) is 12.7. The Morgan fingerprint density at radius 3 is 3.17 bits per heavy atom. The quantitative estimate of drug-likeness (QED) is 0.760. The van der Waals surface area contributed by atoms with Crippen molar-refractivity contribution in [3.8, 4) is 0 Å². The molecule has 94 valence electrons. The summed E-state index contributed by atoms with van der Waals surface area (Å²) < 4.78 is 1.25. The van der Waals surface area contributed by atoms with Crippen molar-refractivity contribution < 1.29 is 5.11 Å². The lowest BCUT2D eigenvalue weighted by atomic mass is 10.0. The second-order valence-electron chi connectivity index (χ2n) is 4.50. The van der Waals surface area contributed by atoms with E-state index in [0.29, 0.717) is 12.1 Å². The molecule has 0 aromatic carbocycles. The molecule has 6 nitrogen and oxygen atoms in total. The minimum Gasteiger partial charge on any atom is -0.389 e. The van der Waals surface area contributed by atoms with E-state index in [4.69, 9.17) is 0 Å². The van der Waals surface area contributed by atoms with Gasteiger partial charge in [-0.3, -0.25) is 4.98 Å². The van der Waals surface area contributed by atoms with E-state index in [1.165, 1.54) is 10.8 Å². The molecule has 1 aliphatic rings. The van der Waals surface area contributed by atoms with E-state index in [0.717, 1.165) is 17.6 Å². The van der Waals surface area contributed by atoms with E-state index in [9.17, 15) is 9.90 Å². The number of hydrogen-bond donors (Lipinski definition) is 2. The molecule has 6 heteroatoms. The van der Waals surface area contributed by atoms with Gasteiger partial charge in [-0.1, -0.05) is 13.0 Å². The number of allylic oxidation sites excluding steroid dienone is 1. The van der Waals surface area contributed by atoms with Gasteiger partial charge in [0.15, 0.2) is 5.65 Å². The van der Waals surface area contributed by atoms with Crippen LogP contribution in [-0.4, -0.2) is 30.8 Å². The minimum absolute atomic E-state index is 0.0850.